The Morgan fingerprint density at radius 3 is 2.57 bits per heavy atom. The van der Waals surface area contributed by atoms with Crippen molar-refractivity contribution in [2.45, 2.75) is 0 Å². The third-order valence-electron chi connectivity index (χ3n) is 3.44. The summed E-state index contributed by atoms with van der Waals surface area (Å²) in [7, 11) is 1.55. The van der Waals surface area contributed by atoms with Gasteiger partial charge < -0.3 is 15.0 Å². The monoisotopic (exact) mass is 328 g/mol. The van der Waals surface area contributed by atoms with Crippen LogP contribution >= 0.6 is 11.6 Å². The molecule has 3 rings (SSSR count). The third kappa shape index (κ3) is 3.05. The molecule has 6 heteroatoms. The van der Waals surface area contributed by atoms with Gasteiger partial charge in [-0.2, -0.15) is 0 Å². The molecule has 0 aliphatic heterocycles. The Morgan fingerprint density at radius 1 is 1.13 bits per heavy atom. The summed E-state index contributed by atoms with van der Waals surface area (Å²) in [6, 6.07) is 11.9. The molecule has 0 saturated carbocycles. The van der Waals surface area contributed by atoms with E-state index in [2.05, 4.69) is 10.3 Å². The Hall–Kier alpha value is -2.79. The molecular weight excluding hydrogens is 316 g/mol. The normalized spacial score (nSPS) is 10.5. The summed E-state index contributed by atoms with van der Waals surface area (Å²) in [6.07, 6.45) is 1.51. The van der Waals surface area contributed by atoms with Gasteiger partial charge in [0.25, 0.3) is 11.7 Å². The molecule has 0 atom stereocenters. The lowest BCUT2D eigenvalue weighted by Gasteiger charge is -2.05. The number of hydrogen-bond donors (Lipinski definition) is 2. The average molecular weight is 329 g/mol. The van der Waals surface area contributed by atoms with E-state index >= 15 is 0 Å². The minimum atomic E-state index is -0.712. The van der Waals surface area contributed by atoms with Crippen LogP contribution in [0.25, 0.3) is 10.9 Å². The van der Waals surface area contributed by atoms with Gasteiger partial charge in [-0.1, -0.05) is 11.6 Å². The second-order valence-corrected chi connectivity index (χ2v) is 5.34. The lowest BCUT2D eigenvalue weighted by atomic mass is 10.1. The first-order chi connectivity index (χ1) is 11.1. The fourth-order valence-electron chi connectivity index (χ4n) is 2.27. The Morgan fingerprint density at radius 2 is 1.87 bits per heavy atom. The number of ether oxygens (including phenoxy) is 1. The van der Waals surface area contributed by atoms with E-state index in [-0.39, 0.29) is 5.56 Å². The van der Waals surface area contributed by atoms with Crippen LogP contribution < -0.4 is 10.1 Å². The molecule has 2 aromatic carbocycles. The van der Waals surface area contributed by atoms with Crippen LogP contribution in [0.2, 0.25) is 5.02 Å². The molecule has 5 nitrogen and oxygen atoms in total. The number of halogens is 1. The number of anilines is 1. The van der Waals surface area contributed by atoms with Crippen LogP contribution in [0.1, 0.15) is 10.4 Å². The first-order valence-electron chi connectivity index (χ1n) is 6.85. The zero-order valence-electron chi connectivity index (χ0n) is 12.2. The summed E-state index contributed by atoms with van der Waals surface area (Å²) < 4.78 is 5.04. The predicted molar refractivity (Wildman–Crippen MR) is 89.3 cm³/mol. The van der Waals surface area contributed by atoms with Crippen molar-refractivity contribution < 1.29 is 14.3 Å². The molecular formula is C17H13ClN2O3. The fraction of sp³-hybridized carbons (Fsp3) is 0.0588. The van der Waals surface area contributed by atoms with Crippen molar-refractivity contribution in [3.05, 3.63) is 59.2 Å². The van der Waals surface area contributed by atoms with Gasteiger partial charge in [0.2, 0.25) is 0 Å². The number of nitrogens with one attached hydrogen (secondary N) is 2. The number of amides is 1. The maximum Gasteiger partial charge on any atom is 0.296 e. The van der Waals surface area contributed by atoms with Gasteiger partial charge in [-0.05, 0) is 42.5 Å². The van der Waals surface area contributed by atoms with Gasteiger partial charge in [0, 0.05) is 27.8 Å². The van der Waals surface area contributed by atoms with Crippen molar-refractivity contribution in [3.8, 4) is 5.75 Å². The van der Waals surface area contributed by atoms with Crippen LogP contribution in [0.5, 0.6) is 5.75 Å². The van der Waals surface area contributed by atoms with Gasteiger partial charge in [-0.15, -0.1) is 0 Å². The molecule has 0 fully saturated rings. The van der Waals surface area contributed by atoms with Crippen LogP contribution in [0.3, 0.4) is 0 Å². The molecule has 0 aliphatic rings. The van der Waals surface area contributed by atoms with Crippen molar-refractivity contribution in [2.75, 3.05) is 12.4 Å². The molecule has 0 aliphatic carbocycles. The zero-order valence-corrected chi connectivity index (χ0v) is 13.0. The van der Waals surface area contributed by atoms with Gasteiger partial charge >= 0.3 is 0 Å². The number of H-pyrrole nitrogens is 1. The standard InChI is InChI=1S/C17H13ClN2O3/c1-23-12-5-3-11(4-6-12)20-17(22)16(21)14-9-19-15-7-2-10(18)8-13(14)15/h2-9,19H,1H3,(H,20,22). The fourth-order valence-corrected chi connectivity index (χ4v) is 2.44. The molecule has 0 saturated heterocycles. The van der Waals surface area contributed by atoms with Gasteiger partial charge in [0.15, 0.2) is 0 Å². The Bertz CT molecular complexity index is 884. The SMILES string of the molecule is COc1ccc(NC(=O)C(=O)c2c[nH]c3ccc(Cl)cc23)cc1. The van der Waals surface area contributed by atoms with Crippen molar-refractivity contribution in [2.24, 2.45) is 0 Å². The van der Waals surface area contributed by atoms with E-state index < -0.39 is 11.7 Å². The second-order valence-electron chi connectivity index (χ2n) is 4.90. The van der Waals surface area contributed by atoms with Crippen LogP contribution in [0.15, 0.2) is 48.7 Å². The number of carbonyl (C=O) groups excluding carboxylic acids is 2. The molecule has 23 heavy (non-hydrogen) atoms. The smallest absolute Gasteiger partial charge is 0.296 e. The van der Waals surface area contributed by atoms with Gasteiger partial charge in [-0.3, -0.25) is 9.59 Å². The number of rotatable bonds is 4. The number of ketones is 1. The van der Waals surface area contributed by atoms with Crippen molar-refractivity contribution >= 4 is 39.9 Å². The highest BCUT2D eigenvalue weighted by atomic mass is 35.5. The van der Waals surface area contributed by atoms with Gasteiger partial charge in [-0.25, -0.2) is 0 Å². The summed E-state index contributed by atoms with van der Waals surface area (Å²) in [5.74, 6) is -0.675. The minimum absolute atomic E-state index is 0.286. The molecule has 1 aromatic heterocycles. The maximum absolute atomic E-state index is 12.4. The van der Waals surface area contributed by atoms with E-state index in [1.165, 1.54) is 6.20 Å². The van der Waals surface area contributed by atoms with E-state index in [1.807, 2.05) is 0 Å². The molecule has 1 amide bonds. The molecule has 116 valence electrons. The predicted octanol–water partition coefficient (Wildman–Crippen LogP) is 3.65. The molecule has 0 radical (unpaired) electrons. The van der Waals surface area contributed by atoms with Crippen molar-refractivity contribution in [3.63, 3.8) is 0 Å². The molecule has 3 aromatic rings. The highest BCUT2D eigenvalue weighted by Crippen LogP contribution is 2.23. The van der Waals surface area contributed by atoms with Gasteiger partial charge in [0.05, 0.1) is 12.7 Å². The third-order valence-corrected chi connectivity index (χ3v) is 3.68. The van der Waals surface area contributed by atoms with Crippen molar-refractivity contribution in [1.82, 2.24) is 4.98 Å². The average Bonchev–Trinajstić information content (AvgIpc) is 2.97. The Balaban J connectivity index is 1.83. The molecule has 0 spiro atoms. The first-order valence-corrected chi connectivity index (χ1v) is 7.22. The number of hydrogen-bond acceptors (Lipinski definition) is 3. The highest BCUT2D eigenvalue weighted by Gasteiger charge is 2.20. The number of fused-ring (bicyclic) bond motifs is 1. The lowest BCUT2D eigenvalue weighted by Crippen LogP contribution is -2.22. The van der Waals surface area contributed by atoms with E-state index in [4.69, 9.17) is 16.3 Å². The Kier molecular flexibility index (Phi) is 4.04. The number of benzene rings is 2. The quantitative estimate of drug-likeness (QED) is 0.567. The van der Waals surface area contributed by atoms with E-state index in [0.717, 1.165) is 5.52 Å². The minimum Gasteiger partial charge on any atom is -0.497 e. The summed E-state index contributed by atoms with van der Waals surface area (Å²) in [4.78, 5) is 27.5. The molecule has 1 heterocycles. The molecule has 2 N–H and O–H groups in total. The van der Waals surface area contributed by atoms with E-state index in [9.17, 15) is 9.59 Å². The largest absolute Gasteiger partial charge is 0.497 e. The number of aromatic amines is 1. The summed E-state index contributed by atoms with van der Waals surface area (Å²) >= 11 is 5.95. The van der Waals surface area contributed by atoms with Crippen LogP contribution in [-0.4, -0.2) is 23.8 Å². The zero-order chi connectivity index (χ0) is 16.4. The van der Waals surface area contributed by atoms with E-state index in [1.54, 1.807) is 49.6 Å². The number of carbonyl (C=O) groups is 2. The first kappa shape index (κ1) is 15.1. The highest BCUT2D eigenvalue weighted by molar-refractivity contribution is 6.48. The Labute approximate surface area is 137 Å². The van der Waals surface area contributed by atoms with Crippen molar-refractivity contribution in [1.29, 1.82) is 0 Å². The van der Waals surface area contributed by atoms with Crippen LogP contribution in [-0.2, 0) is 4.79 Å². The summed E-state index contributed by atoms with van der Waals surface area (Å²) in [5, 5.41) is 3.69. The topological polar surface area (TPSA) is 71.2 Å². The molecule has 0 unspecified atom stereocenters. The second kappa shape index (κ2) is 6.14. The van der Waals surface area contributed by atoms with E-state index in [0.29, 0.717) is 21.8 Å². The number of methoxy groups -OCH3 is 1. The number of Topliss-reactive ketones (excluding diaryl/α,β-unsaturated/α-hetero) is 1. The van der Waals surface area contributed by atoms with Crippen LogP contribution in [0.4, 0.5) is 5.69 Å². The summed E-state index contributed by atoms with van der Waals surface area (Å²) in [6.45, 7) is 0. The van der Waals surface area contributed by atoms with Crippen LogP contribution in [0, 0.1) is 0 Å². The number of aromatic nitrogens is 1. The maximum atomic E-state index is 12.4. The molecule has 0 bridgehead atoms. The van der Waals surface area contributed by atoms with Gasteiger partial charge in [0.1, 0.15) is 5.75 Å². The summed E-state index contributed by atoms with van der Waals surface area (Å²) in [5.41, 5.74) is 1.55. The lowest BCUT2D eigenvalue weighted by molar-refractivity contribution is -0.112.